The summed E-state index contributed by atoms with van der Waals surface area (Å²) in [5.41, 5.74) is 0.0472. The molecule has 2 heterocycles. The fourth-order valence-electron chi connectivity index (χ4n) is 3.43. The second-order valence-corrected chi connectivity index (χ2v) is 10.4. The molecule has 0 aromatic heterocycles. The first kappa shape index (κ1) is 19.5. The summed E-state index contributed by atoms with van der Waals surface area (Å²) in [5.74, 6) is 0.957. The number of likely N-dealkylation sites (N-methyl/N-ethyl adjacent to an activating group) is 1. The predicted molar refractivity (Wildman–Crippen MR) is 97.3 cm³/mol. The molecule has 0 spiro atoms. The zero-order valence-electron chi connectivity index (χ0n) is 15.6. The molecule has 0 bridgehead atoms. The molecule has 8 heteroatoms. The van der Waals surface area contributed by atoms with Gasteiger partial charge < -0.3 is 19.9 Å². The van der Waals surface area contributed by atoms with Gasteiger partial charge in [-0.15, -0.1) is 0 Å². The van der Waals surface area contributed by atoms with E-state index in [9.17, 15) is 8.42 Å². The van der Waals surface area contributed by atoms with E-state index >= 15 is 0 Å². The Kier molecular flexibility index (Phi) is 5.82. The summed E-state index contributed by atoms with van der Waals surface area (Å²) < 4.78 is 29.2. The Morgan fingerprint density at radius 3 is 2.42 bits per heavy atom. The SMILES string of the molecule is CN=C(NCC1(N(C)C)CCOCC1)N1CCS(=O)(=O)C(C)(C)C1. The van der Waals surface area contributed by atoms with Crippen LogP contribution in [-0.4, -0.2) is 94.2 Å². The van der Waals surface area contributed by atoms with Crippen molar-refractivity contribution in [3.8, 4) is 0 Å². The number of guanidine groups is 1. The van der Waals surface area contributed by atoms with Crippen LogP contribution in [0.2, 0.25) is 0 Å². The van der Waals surface area contributed by atoms with Crippen LogP contribution in [-0.2, 0) is 14.6 Å². The molecule has 0 aromatic carbocycles. The second-order valence-electron chi connectivity index (χ2n) is 7.63. The Morgan fingerprint density at radius 1 is 1.29 bits per heavy atom. The summed E-state index contributed by atoms with van der Waals surface area (Å²) in [5, 5.41) is 3.48. The van der Waals surface area contributed by atoms with Gasteiger partial charge in [0.1, 0.15) is 0 Å². The van der Waals surface area contributed by atoms with Gasteiger partial charge in [-0.1, -0.05) is 0 Å². The molecule has 1 N–H and O–H groups in total. The molecule has 2 saturated heterocycles. The highest BCUT2D eigenvalue weighted by molar-refractivity contribution is 7.92. The normalized spacial score (nSPS) is 26.4. The molecule has 2 aliphatic heterocycles. The molecule has 0 aromatic rings. The predicted octanol–water partition coefficient (Wildman–Crippen LogP) is 0.182. The van der Waals surface area contributed by atoms with Crippen molar-refractivity contribution in [1.82, 2.24) is 15.1 Å². The smallest absolute Gasteiger partial charge is 0.193 e. The van der Waals surface area contributed by atoms with E-state index in [-0.39, 0.29) is 11.3 Å². The van der Waals surface area contributed by atoms with Crippen molar-refractivity contribution in [3.05, 3.63) is 0 Å². The van der Waals surface area contributed by atoms with Crippen LogP contribution in [0.4, 0.5) is 0 Å². The molecule has 24 heavy (non-hydrogen) atoms. The van der Waals surface area contributed by atoms with Crippen LogP contribution < -0.4 is 5.32 Å². The standard InChI is InChI=1S/C16H32N4O3S/c1-15(2)13-20(8-11-24(15,21)22)14(17-3)18-12-16(19(4)5)6-9-23-10-7-16/h6-13H2,1-5H3,(H,17,18). The van der Waals surface area contributed by atoms with Gasteiger partial charge in [-0.05, 0) is 40.8 Å². The van der Waals surface area contributed by atoms with Crippen LogP contribution in [0.15, 0.2) is 4.99 Å². The van der Waals surface area contributed by atoms with Gasteiger partial charge in [0, 0.05) is 45.4 Å². The monoisotopic (exact) mass is 360 g/mol. The molecule has 0 saturated carbocycles. The minimum absolute atomic E-state index is 0.0472. The first-order valence-corrected chi connectivity index (χ1v) is 10.2. The Hall–Kier alpha value is -0.860. The van der Waals surface area contributed by atoms with Gasteiger partial charge in [0.05, 0.1) is 10.5 Å². The maximum Gasteiger partial charge on any atom is 0.193 e. The zero-order valence-corrected chi connectivity index (χ0v) is 16.4. The lowest BCUT2D eigenvalue weighted by Gasteiger charge is -2.44. The van der Waals surface area contributed by atoms with Crippen molar-refractivity contribution in [2.24, 2.45) is 4.99 Å². The highest BCUT2D eigenvalue weighted by Gasteiger charge is 2.41. The molecule has 0 aliphatic carbocycles. The summed E-state index contributed by atoms with van der Waals surface area (Å²) in [6.45, 7) is 6.86. The van der Waals surface area contributed by atoms with Crippen LogP contribution in [0.25, 0.3) is 0 Å². The lowest BCUT2D eigenvalue weighted by molar-refractivity contribution is -0.00526. The number of sulfone groups is 1. The first-order chi connectivity index (χ1) is 11.1. The van der Waals surface area contributed by atoms with Gasteiger partial charge >= 0.3 is 0 Å². The molecule has 2 aliphatic rings. The average molecular weight is 361 g/mol. The first-order valence-electron chi connectivity index (χ1n) is 8.57. The van der Waals surface area contributed by atoms with E-state index in [0.29, 0.717) is 13.1 Å². The third-order valence-corrected chi connectivity index (χ3v) is 8.04. The van der Waals surface area contributed by atoms with Crippen molar-refractivity contribution in [2.75, 3.05) is 59.7 Å². The molecule has 7 nitrogen and oxygen atoms in total. The Morgan fingerprint density at radius 2 is 1.92 bits per heavy atom. The Balaban J connectivity index is 2.05. The number of hydrogen-bond donors (Lipinski definition) is 1. The van der Waals surface area contributed by atoms with Crippen molar-refractivity contribution >= 4 is 15.8 Å². The minimum atomic E-state index is -3.05. The van der Waals surface area contributed by atoms with Gasteiger partial charge in [-0.2, -0.15) is 0 Å². The number of nitrogens with zero attached hydrogens (tertiary/aromatic N) is 3. The van der Waals surface area contributed by atoms with E-state index in [0.717, 1.165) is 38.6 Å². The number of hydrogen-bond acceptors (Lipinski definition) is 5. The van der Waals surface area contributed by atoms with Crippen LogP contribution in [0.1, 0.15) is 26.7 Å². The molecular formula is C16H32N4O3S. The lowest BCUT2D eigenvalue weighted by Crippen LogP contribution is -2.61. The number of aliphatic imine (C=N–C) groups is 1. The average Bonchev–Trinajstić information content (AvgIpc) is 2.52. The fourth-order valence-corrected chi connectivity index (χ4v) is 4.80. The van der Waals surface area contributed by atoms with E-state index in [2.05, 4.69) is 34.2 Å². The lowest BCUT2D eigenvalue weighted by atomic mass is 9.88. The van der Waals surface area contributed by atoms with E-state index < -0.39 is 14.6 Å². The highest BCUT2D eigenvalue weighted by Crippen LogP contribution is 2.26. The summed E-state index contributed by atoms with van der Waals surface area (Å²) >= 11 is 0. The molecule has 0 amide bonds. The maximum atomic E-state index is 12.2. The minimum Gasteiger partial charge on any atom is -0.381 e. The summed E-state index contributed by atoms with van der Waals surface area (Å²) in [6, 6.07) is 0. The topological polar surface area (TPSA) is 74.2 Å². The van der Waals surface area contributed by atoms with Crippen LogP contribution in [0.3, 0.4) is 0 Å². The fraction of sp³-hybridized carbons (Fsp3) is 0.938. The third-order valence-electron chi connectivity index (χ3n) is 5.50. The van der Waals surface area contributed by atoms with Gasteiger partial charge in [-0.25, -0.2) is 8.42 Å². The second kappa shape index (κ2) is 7.17. The van der Waals surface area contributed by atoms with Gasteiger partial charge in [-0.3, -0.25) is 4.99 Å². The van der Waals surface area contributed by atoms with Crippen molar-refractivity contribution in [3.63, 3.8) is 0 Å². The van der Waals surface area contributed by atoms with Gasteiger partial charge in [0.2, 0.25) is 0 Å². The summed E-state index contributed by atoms with van der Waals surface area (Å²) in [4.78, 5) is 8.71. The molecule has 0 unspecified atom stereocenters. The van der Waals surface area contributed by atoms with Gasteiger partial charge in [0.25, 0.3) is 0 Å². The number of rotatable bonds is 3. The largest absolute Gasteiger partial charge is 0.381 e. The summed E-state index contributed by atoms with van der Waals surface area (Å²) in [7, 11) is 2.92. The Bertz CT molecular complexity index is 566. The molecular weight excluding hydrogens is 328 g/mol. The van der Waals surface area contributed by atoms with Crippen LogP contribution in [0, 0.1) is 0 Å². The zero-order chi connectivity index (χ0) is 18.0. The summed E-state index contributed by atoms with van der Waals surface area (Å²) in [6.07, 6.45) is 1.95. The van der Waals surface area contributed by atoms with Crippen molar-refractivity contribution in [1.29, 1.82) is 0 Å². The van der Waals surface area contributed by atoms with Crippen LogP contribution in [0.5, 0.6) is 0 Å². The van der Waals surface area contributed by atoms with Crippen LogP contribution >= 0.6 is 0 Å². The van der Waals surface area contributed by atoms with E-state index in [1.807, 2.05) is 0 Å². The molecule has 2 fully saturated rings. The van der Waals surface area contributed by atoms with Crippen molar-refractivity contribution in [2.45, 2.75) is 37.0 Å². The molecule has 0 atom stereocenters. The third kappa shape index (κ3) is 3.86. The van der Waals surface area contributed by atoms with E-state index in [1.54, 1.807) is 20.9 Å². The van der Waals surface area contributed by atoms with Gasteiger partial charge in [0.15, 0.2) is 15.8 Å². The van der Waals surface area contributed by atoms with E-state index in [4.69, 9.17) is 4.74 Å². The quantitative estimate of drug-likeness (QED) is 0.572. The number of nitrogens with one attached hydrogen (secondary N) is 1. The van der Waals surface area contributed by atoms with E-state index in [1.165, 1.54) is 0 Å². The Labute approximate surface area is 146 Å². The molecule has 2 rings (SSSR count). The number of ether oxygens (including phenoxy) is 1. The molecule has 0 radical (unpaired) electrons. The highest BCUT2D eigenvalue weighted by atomic mass is 32.2. The molecule has 140 valence electrons. The van der Waals surface area contributed by atoms with Crippen molar-refractivity contribution < 1.29 is 13.2 Å². The maximum absolute atomic E-state index is 12.2.